The zero-order valence-electron chi connectivity index (χ0n) is 15.3. The minimum absolute atomic E-state index is 0.0194. The molecule has 0 spiro atoms. The predicted octanol–water partition coefficient (Wildman–Crippen LogP) is 4.83. The van der Waals surface area contributed by atoms with E-state index in [0.717, 1.165) is 17.9 Å². The number of thiocarbonyl (C=S) groups is 1. The largest absolute Gasteiger partial charge is 0.456 e. The first-order chi connectivity index (χ1) is 13.6. The van der Waals surface area contributed by atoms with Crippen LogP contribution in [0, 0.1) is 11.8 Å². The number of aliphatic hydroxyl groups excluding tert-OH is 1. The Balaban J connectivity index is 1.44. The lowest BCUT2D eigenvalue weighted by Crippen LogP contribution is -2.41. The molecular formula is C22H21NO3S2. The summed E-state index contributed by atoms with van der Waals surface area (Å²) in [6.45, 7) is -0.144. The lowest BCUT2D eigenvalue weighted by molar-refractivity contribution is -0.124. The number of aliphatic hydroxyl groups is 1. The van der Waals surface area contributed by atoms with E-state index in [2.05, 4.69) is 0 Å². The zero-order valence-corrected chi connectivity index (χ0v) is 17.0. The molecule has 4 nitrogen and oxygen atoms in total. The van der Waals surface area contributed by atoms with E-state index in [1.165, 1.54) is 31.0 Å². The number of carbonyl (C=O) groups excluding carboxylic acids is 1. The van der Waals surface area contributed by atoms with Crippen LogP contribution in [0.2, 0.25) is 0 Å². The summed E-state index contributed by atoms with van der Waals surface area (Å²) in [6.07, 6.45) is 6.54. The van der Waals surface area contributed by atoms with Crippen LogP contribution in [0.1, 0.15) is 37.0 Å². The van der Waals surface area contributed by atoms with Gasteiger partial charge in [0.2, 0.25) is 0 Å². The second kappa shape index (κ2) is 7.17. The Bertz CT molecular complexity index is 965. The number of benzene rings is 1. The number of fused-ring (bicyclic) bond motifs is 2. The van der Waals surface area contributed by atoms with Crippen molar-refractivity contribution in [3.05, 3.63) is 52.6 Å². The molecule has 1 aliphatic heterocycles. The molecule has 1 amide bonds. The second-order valence-corrected chi connectivity index (χ2v) is 9.49. The highest BCUT2D eigenvalue weighted by Gasteiger charge is 2.48. The fraction of sp³-hybridized carbons (Fsp3) is 0.364. The van der Waals surface area contributed by atoms with Crippen molar-refractivity contribution in [1.82, 2.24) is 4.90 Å². The molecule has 3 aliphatic rings. The summed E-state index contributed by atoms with van der Waals surface area (Å²) in [4.78, 5) is 15.5. The molecule has 1 aromatic heterocycles. The van der Waals surface area contributed by atoms with Gasteiger partial charge >= 0.3 is 0 Å². The van der Waals surface area contributed by atoms with Crippen molar-refractivity contribution in [2.45, 2.75) is 38.3 Å². The van der Waals surface area contributed by atoms with E-state index < -0.39 is 0 Å². The summed E-state index contributed by atoms with van der Waals surface area (Å²) >= 11 is 6.90. The molecule has 28 heavy (non-hydrogen) atoms. The molecule has 2 saturated carbocycles. The molecule has 1 saturated heterocycles. The van der Waals surface area contributed by atoms with Crippen LogP contribution in [0.25, 0.3) is 17.4 Å². The molecule has 3 atom stereocenters. The van der Waals surface area contributed by atoms with E-state index in [1.54, 1.807) is 6.08 Å². The molecule has 2 aliphatic carbocycles. The number of hydrogen-bond donors (Lipinski definition) is 1. The predicted molar refractivity (Wildman–Crippen MR) is 114 cm³/mol. The quantitative estimate of drug-likeness (QED) is 0.577. The second-order valence-electron chi connectivity index (χ2n) is 7.82. The maximum Gasteiger partial charge on any atom is 0.266 e. The molecule has 0 radical (unpaired) electrons. The smallest absolute Gasteiger partial charge is 0.266 e. The average Bonchev–Trinajstić information content (AvgIpc) is 3.47. The van der Waals surface area contributed by atoms with Gasteiger partial charge in [0.05, 0.1) is 11.5 Å². The molecule has 5 rings (SSSR count). The Morgan fingerprint density at radius 2 is 2.07 bits per heavy atom. The number of furan rings is 1. The Hall–Kier alpha value is -1.89. The minimum atomic E-state index is -0.144. The van der Waals surface area contributed by atoms with Gasteiger partial charge in [-0.25, -0.2) is 0 Å². The Labute approximate surface area is 173 Å². The molecule has 144 valence electrons. The van der Waals surface area contributed by atoms with Crippen LogP contribution in [0.5, 0.6) is 0 Å². The number of hydrogen-bond acceptors (Lipinski definition) is 5. The topological polar surface area (TPSA) is 53.7 Å². The summed E-state index contributed by atoms with van der Waals surface area (Å²) in [7, 11) is 0. The SMILES string of the molecule is O=C1/C(=C\c2oc(-c3ccccc3)cc2CO)SC(=S)N1C1CC2CCC1C2. The first-order valence-electron chi connectivity index (χ1n) is 9.70. The third-order valence-electron chi connectivity index (χ3n) is 6.19. The van der Waals surface area contributed by atoms with Crippen LogP contribution in [-0.2, 0) is 11.4 Å². The van der Waals surface area contributed by atoms with Gasteiger partial charge < -0.3 is 9.52 Å². The molecule has 3 fully saturated rings. The van der Waals surface area contributed by atoms with Gasteiger partial charge in [0.25, 0.3) is 5.91 Å². The third-order valence-corrected chi connectivity index (χ3v) is 7.52. The summed E-state index contributed by atoms with van der Waals surface area (Å²) < 4.78 is 6.63. The number of carbonyl (C=O) groups is 1. The van der Waals surface area contributed by atoms with Crippen LogP contribution >= 0.6 is 24.0 Å². The average molecular weight is 412 g/mol. The van der Waals surface area contributed by atoms with E-state index in [4.69, 9.17) is 16.6 Å². The molecule has 2 bridgehead atoms. The van der Waals surface area contributed by atoms with E-state index in [9.17, 15) is 9.90 Å². The van der Waals surface area contributed by atoms with Crippen LogP contribution < -0.4 is 0 Å². The van der Waals surface area contributed by atoms with Crippen molar-refractivity contribution in [3.8, 4) is 11.3 Å². The summed E-state index contributed by atoms with van der Waals surface area (Å²) in [5.74, 6) is 2.53. The molecule has 1 N–H and O–H groups in total. The Morgan fingerprint density at radius 1 is 1.25 bits per heavy atom. The van der Waals surface area contributed by atoms with Crippen molar-refractivity contribution in [2.24, 2.45) is 11.8 Å². The monoisotopic (exact) mass is 411 g/mol. The van der Waals surface area contributed by atoms with Crippen molar-refractivity contribution >= 4 is 40.3 Å². The lowest BCUT2D eigenvalue weighted by atomic mass is 9.94. The first-order valence-corrected chi connectivity index (χ1v) is 10.9. The molecule has 1 aromatic carbocycles. The van der Waals surface area contributed by atoms with Gasteiger partial charge in [0.1, 0.15) is 15.8 Å². The lowest BCUT2D eigenvalue weighted by Gasteiger charge is -2.30. The van der Waals surface area contributed by atoms with Gasteiger partial charge in [0.15, 0.2) is 0 Å². The van der Waals surface area contributed by atoms with E-state index >= 15 is 0 Å². The van der Waals surface area contributed by atoms with Gasteiger partial charge in [-0.1, -0.05) is 60.7 Å². The maximum atomic E-state index is 13.1. The van der Waals surface area contributed by atoms with Crippen LogP contribution in [-0.4, -0.2) is 26.3 Å². The fourth-order valence-electron chi connectivity index (χ4n) is 4.85. The first kappa shape index (κ1) is 18.2. The molecular weight excluding hydrogens is 390 g/mol. The van der Waals surface area contributed by atoms with Crippen molar-refractivity contribution in [3.63, 3.8) is 0 Å². The summed E-state index contributed by atoms with van der Waals surface area (Å²) in [5.41, 5.74) is 1.61. The molecule has 6 heteroatoms. The van der Waals surface area contributed by atoms with E-state index in [1.807, 2.05) is 41.3 Å². The van der Waals surface area contributed by atoms with Crippen molar-refractivity contribution in [1.29, 1.82) is 0 Å². The van der Waals surface area contributed by atoms with E-state index in [0.29, 0.717) is 32.2 Å². The number of nitrogens with zero attached hydrogens (tertiary/aromatic N) is 1. The van der Waals surface area contributed by atoms with Crippen molar-refractivity contribution in [2.75, 3.05) is 0 Å². The Kier molecular flexibility index (Phi) is 4.65. The molecule has 3 unspecified atom stereocenters. The van der Waals surface area contributed by atoms with Gasteiger partial charge in [-0.15, -0.1) is 0 Å². The van der Waals surface area contributed by atoms with Crippen LogP contribution in [0.4, 0.5) is 0 Å². The van der Waals surface area contributed by atoms with Crippen LogP contribution in [0.15, 0.2) is 45.7 Å². The standard InChI is InChI=1S/C22H21NO3S2/c24-12-16-10-18(14-4-2-1-3-5-14)26-19(16)11-20-21(25)23(22(27)28-20)17-9-13-6-7-15(17)8-13/h1-5,10-11,13,15,17,24H,6-9,12H2/b20-11+. The normalized spacial score (nSPS) is 28.1. The number of amides is 1. The maximum absolute atomic E-state index is 13.1. The van der Waals surface area contributed by atoms with Gasteiger partial charge in [-0.3, -0.25) is 9.69 Å². The summed E-state index contributed by atoms with van der Waals surface area (Å²) in [6, 6.07) is 11.8. The molecule has 2 heterocycles. The highest BCUT2D eigenvalue weighted by Crippen LogP contribution is 2.49. The highest BCUT2D eigenvalue weighted by molar-refractivity contribution is 8.26. The number of rotatable bonds is 4. The van der Waals surface area contributed by atoms with Gasteiger partial charge in [-0.2, -0.15) is 0 Å². The van der Waals surface area contributed by atoms with Gasteiger partial charge in [0, 0.05) is 23.2 Å². The number of thioether (sulfide) groups is 1. The Morgan fingerprint density at radius 3 is 2.75 bits per heavy atom. The highest BCUT2D eigenvalue weighted by atomic mass is 32.2. The zero-order chi connectivity index (χ0) is 19.3. The van der Waals surface area contributed by atoms with Crippen LogP contribution in [0.3, 0.4) is 0 Å². The fourth-order valence-corrected chi connectivity index (χ4v) is 6.19. The van der Waals surface area contributed by atoms with Gasteiger partial charge in [-0.05, 0) is 37.2 Å². The van der Waals surface area contributed by atoms with Crippen molar-refractivity contribution < 1.29 is 14.3 Å². The van der Waals surface area contributed by atoms with E-state index in [-0.39, 0.29) is 18.6 Å². The molecule has 2 aromatic rings. The minimum Gasteiger partial charge on any atom is -0.456 e. The third kappa shape index (κ3) is 3.04. The summed E-state index contributed by atoms with van der Waals surface area (Å²) in [5, 5.41) is 9.75.